The number of hydrogen-bond donors (Lipinski definition) is 6. The van der Waals surface area contributed by atoms with Gasteiger partial charge in [0.25, 0.3) is 0 Å². The second kappa shape index (κ2) is 23.8. The maximum absolute atomic E-state index is 14.1. The summed E-state index contributed by atoms with van der Waals surface area (Å²) < 4.78 is 1.62. The molecule has 374 valence electrons. The Kier molecular flexibility index (Phi) is 17.3. The number of rotatable bonds is 21. The summed E-state index contributed by atoms with van der Waals surface area (Å²) in [7, 11) is 0. The number of carbonyl (C=O) groups is 4. The molecule has 0 bridgehead atoms. The van der Waals surface area contributed by atoms with E-state index < -0.39 is 29.6 Å². The van der Waals surface area contributed by atoms with Crippen LogP contribution >= 0.6 is 11.3 Å². The molecule has 1 fully saturated rings. The summed E-state index contributed by atoms with van der Waals surface area (Å²) in [5.74, 6) is -0.881. The molecule has 4 heterocycles. The van der Waals surface area contributed by atoms with Gasteiger partial charge in [-0.3, -0.25) is 23.9 Å². The maximum Gasteiger partial charge on any atom is 0.249 e. The Hall–Kier alpha value is -6.98. The summed E-state index contributed by atoms with van der Waals surface area (Å²) in [6, 6.07) is 23.2. The van der Waals surface area contributed by atoms with Crippen LogP contribution < -0.4 is 21.7 Å². The number of aromatic nitrogens is 5. The molecule has 6 aromatic rings. The number of aliphatic hydroxyl groups excluding tert-OH is 1. The SMILES string of the molecule is Cc1ncsc1-c1ccc(C(C)NC(=O)C2CC(O)CN2C(=O)C(NC(=O)CCCCCCCCCNC(=O)C(c2ccccc2)n2cc(-c3cc(-c4ccccc4O)nnc3N)cn2)C(C)(C)C)cc1. The monoisotopic (exact) mass is 982 g/mol. The lowest BCUT2D eigenvalue weighted by atomic mass is 9.85. The number of aromatic hydroxyl groups is 1. The molecule has 4 amide bonds. The average molecular weight is 983 g/mol. The third-order valence-corrected chi connectivity index (χ3v) is 14.0. The summed E-state index contributed by atoms with van der Waals surface area (Å²) in [6.45, 7) is 10.0. The van der Waals surface area contributed by atoms with E-state index in [-0.39, 0.29) is 60.6 Å². The second-order valence-electron chi connectivity index (χ2n) is 19.5. The fraction of sp³-hybridized carbons (Fsp3) is 0.407. The number of unbranched alkanes of at least 4 members (excludes halogenated alkanes) is 6. The standard InChI is InChI=1S/C54H66N10O6S/c1-34(36-23-25-38(26-24-36)48-35(2)57-33-71-48)59-51(68)44-28-40(65)32-63(44)53(70)49(54(3,4)5)60-46(67)22-14-9-7-6-8-10-17-27-56-52(69)47(37-18-12-11-13-19-37)64-31-39(30-58-64)42-29-43(61-62-50(42)55)41-20-15-16-21-45(41)66/h11-13,15-16,18-21,23-26,29-31,33-34,40,44,47,49,65-66H,6-10,14,17,22,27-28,32H2,1-5H3,(H2,55,62)(H,56,69)(H,59,68)(H,60,67). The molecule has 3 aromatic carbocycles. The summed E-state index contributed by atoms with van der Waals surface area (Å²) in [6.07, 6.45) is 9.08. The molecule has 16 nitrogen and oxygen atoms in total. The van der Waals surface area contributed by atoms with Crippen molar-refractivity contribution in [3.8, 4) is 38.6 Å². The number of phenols is 1. The van der Waals surface area contributed by atoms with Crippen molar-refractivity contribution < 1.29 is 29.4 Å². The summed E-state index contributed by atoms with van der Waals surface area (Å²) >= 11 is 1.58. The number of phenolic OH excluding ortho intramolecular Hbond substituents is 1. The number of benzene rings is 3. The van der Waals surface area contributed by atoms with Crippen LogP contribution in [0.4, 0.5) is 5.82 Å². The van der Waals surface area contributed by atoms with Crippen molar-refractivity contribution in [2.24, 2.45) is 5.41 Å². The minimum Gasteiger partial charge on any atom is -0.507 e. The Morgan fingerprint density at radius 3 is 2.23 bits per heavy atom. The first-order chi connectivity index (χ1) is 34.1. The second-order valence-corrected chi connectivity index (χ2v) is 20.3. The molecule has 0 aliphatic carbocycles. The quantitative estimate of drug-likeness (QED) is 0.0379. The number of nitrogens with zero attached hydrogens (tertiary/aromatic N) is 6. The van der Waals surface area contributed by atoms with E-state index in [9.17, 15) is 29.4 Å². The molecule has 7 rings (SSSR count). The third kappa shape index (κ3) is 13.3. The van der Waals surface area contributed by atoms with E-state index in [2.05, 4.69) is 36.2 Å². The molecule has 71 heavy (non-hydrogen) atoms. The third-order valence-electron chi connectivity index (χ3n) is 13.0. The van der Waals surface area contributed by atoms with Crippen LogP contribution in [0, 0.1) is 12.3 Å². The van der Waals surface area contributed by atoms with Crippen molar-refractivity contribution in [2.45, 2.75) is 123 Å². The lowest BCUT2D eigenvalue weighted by molar-refractivity contribution is -0.144. The van der Waals surface area contributed by atoms with E-state index in [1.165, 1.54) is 4.90 Å². The Morgan fingerprint density at radius 2 is 1.54 bits per heavy atom. The largest absolute Gasteiger partial charge is 0.507 e. The fourth-order valence-corrected chi connectivity index (χ4v) is 9.80. The number of para-hydroxylation sites is 1. The lowest BCUT2D eigenvalue weighted by Gasteiger charge is -2.35. The van der Waals surface area contributed by atoms with Gasteiger partial charge in [0, 0.05) is 48.8 Å². The Balaban J connectivity index is 0.829. The summed E-state index contributed by atoms with van der Waals surface area (Å²) in [5.41, 5.74) is 13.3. The fourth-order valence-electron chi connectivity index (χ4n) is 8.98. The predicted molar refractivity (Wildman–Crippen MR) is 276 cm³/mol. The van der Waals surface area contributed by atoms with Crippen LogP contribution in [0.25, 0.3) is 32.8 Å². The van der Waals surface area contributed by atoms with Gasteiger partial charge in [-0.15, -0.1) is 21.5 Å². The molecule has 0 saturated carbocycles. The lowest BCUT2D eigenvalue weighted by Crippen LogP contribution is -2.57. The summed E-state index contributed by atoms with van der Waals surface area (Å²) in [4.78, 5) is 61.7. The van der Waals surface area contributed by atoms with E-state index in [4.69, 9.17) is 5.73 Å². The number of hydrogen-bond acceptors (Lipinski definition) is 12. The molecule has 5 atom stereocenters. The van der Waals surface area contributed by atoms with Gasteiger partial charge in [-0.25, -0.2) is 4.98 Å². The number of likely N-dealkylation sites (tertiary alicyclic amines) is 1. The number of β-amino-alcohol motifs (C(OH)–C–C–N with tert-alkyl or cyclic N) is 1. The van der Waals surface area contributed by atoms with E-state index in [0.29, 0.717) is 35.3 Å². The van der Waals surface area contributed by atoms with E-state index in [1.54, 1.807) is 58.7 Å². The minimum atomic E-state index is -0.883. The van der Waals surface area contributed by atoms with Gasteiger partial charge >= 0.3 is 0 Å². The molecule has 1 saturated heterocycles. The van der Waals surface area contributed by atoms with E-state index in [1.807, 2.05) is 94.7 Å². The molecule has 1 aliphatic rings. The van der Waals surface area contributed by atoms with Crippen molar-refractivity contribution in [2.75, 3.05) is 18.8 Å². The molecule has 7 N–H and O–H groups in total. The molecule has 3 aromatic heterocycles. The molecular weight excluding hydrogens is 917 g/mol. The number of thiazole rings is 1. The highest BCUT2D eigenvalue weighted by atomic mass is 32.1. The first-order valence-corrected chi connectivity index (χ1v) is 25.3. The first kappa shape index (κ1) is 51.9. The van der Waals surface area contributed by atoms with Crippen LogP contribution in [0.1, 0.15) is 114 Å². The Bertz CT molecular complexity index is 2750. The molecule has 1 aliphatic heterocycles. The molecule has 0 radical (unpaired) electrons. The normalized spacial score (nSPS) is 16.0. The highest BCUT2D eigenvalue weighted by Gasteiger charge is 2.44. The number of anilines is 1. The first-order valence-electron chi connectivity index (χ1n) is 24.5. The number of nitrogens with two attached hydrogens (primary N) is 1. The predicted octanol–water partition coefficient (Wildman–Crippen LogP) is 7.92. The van der Waals surface area contributed by atoms with E-state index >= 15 is 0 Å². The van der Waals surface area contributed by atoms with Crippen molar-refractivity contribution in [3.05, 3.63) is 120 Å². The molecule has 17 heteroatoms. The van der Waals surface area contributed by atoms with Gasteiger partial charge in [0.15, 0.2) is 11.9 Å². The highest BCUT2D eigenvalue weighted by Crippen LogP contribution is 2.34. The number of aliphatic hydroxyl groups is 1. The molecular formula is C54H66N10O6S. The molecule has 0 spiro atoms. The molecule has 5 unspecified atom stereocenters. The number of aryl methyl sites for hydroxylation is 1. The van der Waals surface area contributed by atoms with Gasteiger partial charge in [0.1, 0.15) is 17.8 Å². The van der Waals surface area contributed by atoms with Gasteiger partial charge < -0.3 is 36.8 Å². The zero-order valence-corrected chi connectivity index (χ0v) is 42.0. The van der Waals surface area contributed by atoms with Crippen LogP contribution in [0.15, 0.2) is 103 Å². The highest BCUT2D eigenvalue weighted by molar-refractivity contribution is 7.13. The van der Waals surface area contributed by atoms with Crippen molar-refractivity contribution in [3.63, 3.8) is 0 Å². The average Bonchev–Trinajstić information content (AvgIpc) is 4.12. The van der Waals surface area contributed by atoms with E-state index in [0.717, 1.165) is 65.8 Å². The minimum absolute atomic E-state index is 0.0103. The summed E-state index contributed by atoms with van der Waals surface area (Å²) in [5, 5.41) is 43.1. The topological polar surface area (TPSA) is 231 Å². The maximum atomic E-state index is 14.1. The zero-order valence-electron chi connectivity index (χ0n) is 41.2. The van der Waals surface area contributed by atoms with Crippen LogP contribution in [0.3, 0.4) is 0 Å². The van der Waals surface area contributed by atoms with Crippen LogP contribution in [-0.4, -0.2) is 95.0 Å². The van der Waals surface area contributed by atoms with Crippen molar-refractivity contribution >= 4 is 40.8 Å². The van der Waals surface area contributed by atoms with Crippen molar-refractivity contribution in [1.82, 2.24) is 45.8 Å². The van der Waals surface area contributed by atoms with Gasteiger partial charge in [-0.2, -0.15) is 5.10 Å². The number of amides is 4. The van der Waals surface area contributed by atoms with Crippen molar-refractivity contribution in [1.29, 1.82) is 0 Å². The van der Waals surface area contributed by atoms with Gasteiger partial charge in [0.2, 0.25) is 23.6 Å². The number of nitrogen functional groups attached to an aromatic ring is 1. The smallest absolute Gasteiger partial charge is 0.249 e. The zero-order chi connectivity index (χ0) is 50.7. The Morgan fingerprint density at radius 1 is 0.845 bits per heavy atom. The van der Waals surface area contributed by atoms with Crippen LogP contribution in [0.5, 0.6) is 5.75 Å². The van der Waals surface area contributed by atoms with Crippen LogP contribution in [-0.2, 0) is 19.2 Å². The Labute approximate surface area is 419 Å². The number of carbonyl (C=O) groups excluding carboxylic acids is 4. The van der Waals surface area contributed by atoms with Crippen LogP contribution in [0.2, 0.25) is 0 Å². The van der Waals surface area contributed by atoms with Gasteiger partial charge in [0.05, 0.1) is 40.1 Å². The van der Waals surface area contributed by atoms with Gasteiger partial charge in [-0.05, 0) is 67.0 Å². The van der Waals surface area contributed by atoms with Gasteiger partial charge in [-0.1, -0.05) is 120 Å². The number of nitrogens with one attached hydrogen (secondary N) is 3.